The van der Waals surface area contributed by atoms with Crippen molar-refractivity contribution < 1.29 is 9.59 Å². The van der Waals surface area contributed by atoms with Gasteiger partial charge in [-0.1, -0.05) is 48.9 Å². The van der Waals surface area contributed by atoms with Gasteiger partial charge >= 0.3 is 0 Å². The Bertz CT molecular complexity index is 1530. The molecule has 7 heteroatoms. The van der Waals surface area contributed by atoms with Crippen molar-refractivity contribution in [1.82, 2.24) is 24.7 Å². The van der Waals surface area contributed by atoms with Crippen LogP contribution in [0.25, 0.3) is 11.0 Å². The van der Waals surface area contributed by atoms with Crippen LogP contribution in [-0.4, -0.2) is 68.9 Å². The third-order valence-electron chi connectivity index (χ3n) is 12.7. The van der Waals surface area contributed by atoms with Gasteiger partial charge in [0.2, 0.25) is 11.8 Å². The van der Waals surface area contributed by atoms with Crippen molar-refractivity contribution in [2.24, 2.45) is 11.8 Å². The highest BCUT2D eigenvalue weighted by molar-refractivity contribution is 5.80. The third-order valence-corrected chi connectivity index (χ3v) is 12.7. The summed E-state index contributed by atoms with van der Waals surface area (Å²) in [6.07, 6.45) is 12.8. The van der Waals surface area contributed by atoms with E-state index < -0.39 is 0 Å². The molecule has 2 aromatic carbocycles. The minimum absolute atomic E-state index is 0.112. The normalized spacial score (nSPS) is 31.2. The summed E-state index contributed by atoms with van der Waals surface area (Å²) in [5.74, 6) is 2.35. The number of fused-ring (bicyclic) bond motifs is 4. The first kappa shape index (κ1) is 29.2. The number of likely N-dealkylation sites (tertiary alicyclic amines) is 1. The lowest BCUT2D eigenvalue weighted by Crippen LogP contribution is -2.49. The lowest BCUT2D eigenvalue weighted by molar-refractivity contribution is -0.134. The van der Waals surface area contributed by atoms with Gasteiger partial charge in [-0.15, -0.1) is 0 Å². The first-order valence-corrected chi connectivity index (χ1v) is 17.8. The number of hydrogen-bond acceptors (Lipinski definition) is 4. The molecule has 1 aliphatic carbocycles. The SMILES string of the molecule is Cc1nc2ccccc2n1C1C[C@H]2CC[C@@H](C1)N2CCC1(c2ccccc2)CCN(C(=O)CC2CCCC3CC(=O)NC32)CC1. The summed E-state index contributed by atoms with van der Waals surface area (Å²) < 4.78 is 2.53. The Morgan fingerprint density at radius 1 is 0.933 bits per heavy atom. The van der Waals surface area contributed by atoms with Crippen molar-refractivity contribution in [3.63, 3.8) is 0 Å². The number of piperidine rings is 2. The van der Waals surface area contributed by atoms with Crippen molar-refractivity contribution in [3.05, 3.63) is 66.0 Å². The van der Waals surface area contributed by atoms with Gasteiger partial charge in [0.15, 0.2) is 0 Å². The molecule has 3 aromatic rings. The Hall–Kier alpha value is -3.19. The third kappa shape index (κ3) is 5.39. The number of nitrogens with one attached hydrogen (secondary N) is 1. The van der Waals surface area contributed by atoms with E-state index in [2.05, 4.69) is 81.2 Å². The molecule has 1 N–H and O–H groups in total. The Kier molecular flexibility index (Phi) is 7.71. The van der Waals surface area contributed by atoms with Crippen molar-refractivity contribution in [3.8, 4) is 0 Å². The Morgan fingerprint density at radius 2 is 1.67 bits per heavy atom. The van der Waals surface area contributed by atoms with Crippen LogP contribution >= 0.6 is 0 Å². The maximum Gasteiger partial charge on any atom is 0.222 e. The lowest BCUT2D eigenvalue weighted by Gasteiger charge is -2.46. The summed E-state index contributed by atoms with van der Waals surface area (Å²) in [6, 6.07) is 21.8. The Labute approximate surface area is 267 Å². The van der Waals surface area contributed by atoms with Crippen molar-refractivity contribution >= 4 is 22.8 Å². The van der Waals surface area contributed by atoms with Gasteiger partial charge in [-0.2, -0.15) is 0 Å². The standard InChI is InChI=1S/C38H49N5O2/c1-26-39-33-12-5-6-13-34(33)43(26)32-24-30-14-15-31(25-32)42(30)21-18-38(29-10-3-2-4-11-29)16-19-41(20-17-38)36(45)23-28-9-7-8-27-22-35(44)40-37(27)28/h2-6,10-13,27-28,30-32,37H,7-9,14-25H2,1H3,(H,40,44)/t27?,28?,30-,31+,32?,37?. The number of carbonyl (C=O) groups excluding carboxylic acids is 2. The zero-order valence-electron chi connectivity index (χ0n) is 26.9. The van der Waals surface area contributed by atoms with E-state index >= 15 is 0 Å². The molecule has 0 spiro atoms. The highest BCUT2D eigenvalue weighted by Crippen LogP contribution is 2.45. The maximum absolute atomic E-state index is 13.6. The number of imidazole rings is 1. The number of nitrogens with zero attached hydrogens (tertiary/aromatic N) is 4. The van der Waals surface area contributed by atoms with Crippen molar-refractivity contribution in [2.45, 2.75) is 114 Å². The van der Waals surface area contributed by atoms with Crippen molar-refractivity contribution in [2.75, 3.05) is 19.6 Å². The van der Waals surface area contributed by atoms with Crippen LogP contribution in [0.2, 0.25) is 0 Å². The smallest absolute Gasteiger partial charge is 0.222 e. The fourth-order valence-electron chi connectivity index (χ4n) is 10.4. The first-order chi connectivity index (χ1) is 22.0. The molecular formula is C38H49N5O2. The average molecular weight is 608 g/mol. The van der Waals surface area contributed by atoms with Gasteiger partial charge in [0, 0.05) is 50.1 Å². The molecule has 5 aliphatic rings. The quantitative estimate of drug-likeness (QED) is 0.350. The van der Waals surface area contributed by atoms with E-state index in [1.165, 1.54) is 36.8 Å². The van der Waals surface area contributed by atoms with Crippen LogP contribution in [0, 0.1) is 18.8 Å². The number of para-hydroxylation sites is 2. The average Bonchev–Trinajstić information content (AvgIpc) is 3.69. The number of amides is 2. The van der Waals surface area contributed by atoms with E-state index in [1.54, 1.807) is 0 Å². The predicted octanol–water partition coefficient (Wildman–Crippen LogP) is 6.16. The molecule has 1 aromatic heterocycles. The number of rotatable bonds is 7. The Balaban J connectivity index is 0.933. The molecule has 2 bridgehead atoms. The van der Waals surface area contributed by atoms with Crippen LogP contribution in [0.1, 0.15) is 94.5 Å². The van der Waals surface area contributed by atoms with Gasteiger partial charge in [-0.3, -0.25) is 14.5 Å². The number of aryl methyl sites for hydroxylation is 1. The second kappa shape index (κ2) is 11.9. The topological polar surface area (TPSA) is 70.5 Å². The van der Waals surface area contributed by atoms with E-state index in [4.69, 9.17) is 4.98 Å². The summed E-state index contributed by atoms with van der Waals surface area (Å²) in [5.41, 5.74) is 3.96. The van der Waals surface area contributed by atoms with Crippen LogP contribution in [0.4, 0.5) is 0 Å². The van der Waals surface area contributed by atoms with Crippen LogP contribution in [0.5, 0.6) is 0 Å². The molecule has 45 heavy (non-hydrogen) atoms. The van der Waals surface area contributed by atoms with Gasteiger partial charge in [-0.05, 0) is 106 Å². The summed E-state index contributed by atoms with van der Waals surface area (Å²) in [5, 5.41) is 3.21. The van der Waals surface area contributed by atoms with Crippen LogP contribution in [0.15, 0.2) is 54.6 Å². The fraction of sp³-hybridized carbons (Fsp3) is 0.605. The Morgan fingerprint density at radius 3 is 2.44 bits per heavy atom. The minimum Gasteiger partial charge on any atom is -0.353 e. The van der Waals surface area contributed by atoms with Gasteiger partial charge in [0.05, 0.1) is 11.0 Å². The van der Waals surface area contributed by atoms with E-state index in [0.29, 0.717) is 48.7 Å². The molecule has 238 valence electrons. The van der Waals surface area contributed by atoms with Crippen LogP contribution < -0.4 is 5.32 Å². The molecule has 1 saturated carbocycles. The van der Waals surface area contributed by atoms with Gasteiger partial charge in [-0.25, -0.2) is 4.98 Å². The fourth-order valence-corrected chi connectivity index (χ4v) is 10.4. The highest BCUT2D eigenvalue weighted by Gasteiger charge is 2.45. The summed E-state index contributed by atoms with van der Waals surface area (Å²) in [4.78, 5) is 35.6. The number of aromatic nitrogens is 2. The molecule has 7 nitrogen and oxygen atoms in total. The van der Waals surface area contributed by atoms with E-state index in [1.807, 2.05) is 0 Å². The highest BCUT2D eigenvalue weighted by atomic mass is 16.2. The molecular weight excluding hydrogens is 558 g/mol. The van der Waals surface area contributed by atoms with Gasteiger partial charge in [0.1, 0.15) is 5.82 Å². The molecule has 4 unspecified atom stereocenters. The monoisotopic (exact) mass is 607 g/mol. The first-order valence-electron chi connectivity index (χ1n) is 17.8. The maximum atomic E-state index is 13.6. The molecule has 2 amide bonds. The molecule has 4 saturated heterocycles. The summed E-state index contributed by atoms with van der Waals surface area (Å²) in [7, 11) is 0. The van der Waals surface area contributed by atoms with Gasteiger partial charge < -0.3 is 14.8 Å². The summed E-state index contributed by atoms with van der Waals surface area (Å²) >= 11 is 0. The molecule has 0 radical (unpaired) electrons. The number of carbonyl (C=O) groups is 2. The number of hydrogen-bond donors (Lipinski definition) is 1. The van der Waals surface area contributed by atoms with E-state index in [9.17, 15) is 9.59 Å². The zero-order chi connectivity index (χ0) is 30.5. The predicted molar refractivity (Wildman–Crippen MR) is 177 cm³/mol. The molecule has 6 atom stereocenters. The largest absolute Gasteiger partial charge is 0.353 e. The molecule has 4 aliphatic heterocycles. The second-order valence-electron chi connectivity index (χ2n) is 15.0. The van der Waals surface area contributed by atoms with Gasteiger partial charge in [0.25, 0.3) is 0 Å². The van der Waals surface area contributed by atoms with E-state index in [-0.39, 0.29) is 17.4 Å². The van der Waals surface area contributed by atoms with Crippen LogP contribution in [0.3, 0.4) is 0 Å². The van der Waals surface area contributed by atoms with E-state index in [0.717, 1.165) is 69.5 Å². The molecule has 8 rings (SSSR count). The number of benzene rings is 2. The summed E-state index contributed by atoms with van der Waals surface area (Å²) in [6.45, 7) is 4.98. The van der Waals surface area contributed by atoms with Crippen molar-refractivity contribution in [1.29, 1.82) is 0 Å². The molecule has 5 heterocycles. The molecule has 5 fully saturated rings. The van der Waals surface area contributed by atoms with Crippen LogP contribution in [-0.2, 0) is 15.0 Å². The zero-order valence-corrected chi connectivity index (χ0v) is 26.9. The lowest BCUT2D eigenvalue weighted by atomic mass is 9.70. The second-order valence-corrected chi connectivity index (χ2v) is 15.0. The minimum atomic E-state index is 0.112.